The van der Waals surface area contributed by atoms with Crippen LogP contribution in [0.2, 0.25) is 0 Å². The van der Waals surface area contributed by atoms with E-state index in [1.165, 1.54) is 0 Å². The number of aliphatic carboxylic acids is 1. The van der Waals surface area contributed by atoms with Crippen LogP contribution in [-0.4, -0.2) is 37.3 Å². The topological polar surface area (TPSA) is 109 Å². The molecule has 0 aromatic carbocycles. The van der Waals surface area contributed by atoms with Crippen molar-refractivity contribution in [1.82, 2.24) is 4.72 Å². The summed E-state index contributed by atoms with van der Waals surface area (Å²) >= 11 is 0. The molecule has 1 rings (SSSR count). The van der Waals surface area contributed by atoms with Gasteiger partial charge in [-0.1, -0.05) is 12.8 Å². The van der Waals surface area contributed by atoms with Crippen LogP contribution in [0.4, 0.5) is 0 Å². The first kappa shape index (κ1) is 14.4. The molecule has 0 unspecified atom stereocenters. The summed E-state index contributed by atoms with van der Waals surface area (Å²) in [6, 6.07) is 0. The SMILES string of the molecule is NCC1(NS(=O)(=O)CCCC(=O)O)CCCC1. The second-order valence-corrected chi connectivity index (χ2v) is 6.45. The highest BCUT2D eigenvalue weighted by Crippen LogP contribution is 2.29. The maximum atomic E-state index is 11.8. The van der Waals surface area contributed by atoms with Gasteiger partial charge >= 0.3 is 5.97 Å². The smallest absolute Gasteiger partial charge is 0.303 e. The van der Waals surface area contributed by atoms with Gasteiger partial charge in [0.15, 0.2) is 0 Å². The van der Waals surface area contributed by atoms with Crippen molar-refractivity contribution >= 4 is 16.0 Å². The highest BCUT2D eigenvalue weighted by Gasteiger charge is 2.35. The van der Waals surface area contributed by atoms with Gasteiger partial charge in [0.2, 0.25) is 10.0 Å². The van der Waals surface area contributed by atoms with Crippen molar-refractivity contribution in [3.05, 3.63) is 0 Å². The summed E-state index contributed by atoms with van der Waals surface area (Å²) < 4.78 is 26.2. The van der Waals surface area contributed by atoms with E-state index < -0.39 is 21.5 Å². The molecule has 0 atom stereocenters. The number of carbonyl (C=O) groups is 1. The van der Waals surface area contributed by atoms with E-state index in [9.17, 15) is 13.2 Å². The van der Waals surface area contributed by atoms with Gasteiger partial charge in [-0.15, -0.1) is 0 Å². The number of rotatable bonds is 7. The Kier molecular flexibility index (Phi) is 4.91. The predicted molar refractivity (Wildman–Crippen MR) is 64.0 cm³/mol. The molecule has 0 bridgehead atoms. The van der Waals surface area contributed by atoms with Crippen LogP contribution in [0.1, 0.15) is 38.5 Å². The minimum atomic E-state index is -3.42. The largest absolute Gasteiger partial charge is 0.481 e. The molecule has 0 aliphatic heterocycles. The van der Waals surface area contributed by atoms with Crippen LogP contribution in [0.5, 0.6) is 0 Å². The van der Waals surface area contributed by atoms with E-state index >= 15 is 0 Å². The Morgan fingerprint density at radius 1 is 1.35 bits per heavy atom. The highest BCUT2D eigenvalue weighted by molar-refractivity contribution is 7.89. The summed E-state index contributed by atoms with van der Waals surface area (Å²) in [6.45, 7) is 0.297. The van der Waals surface area contributed by atoms with Gasteiger partial charge in [0.1, 0.15) is 0 Å². The molecule has 0 radical (unpaired) electrons. The highest BCUT2D eigenvalue weighted by atomic mass is 32.2. The summed E-state index contributed by atoms with van der Waals surface area (Å²) in [5.41, 5.74) is 5.13. The third-order valence-corrected chi connectivity index (χ3v) is 4.70. The van der Waals surface area contributed by atoms with Crippen molar-refractivity contribution in [3.8, 4) is 0 Å². The summed E-state index contributed by atoms with van der Waals surface area (Å²) in [5, 5.41) is 8.46. The van der Waals surface area contributed by atoms with E-state index in [0.29, 0.717) is 6.54 Å². The molecule has 1 fully saturated rings. The Hall–Kier alpha value is -0.660. The van der Waals surface area contributed by atoms with E-state index in [-0.39, 0.29) is 18.6 Å². The predicted octanol–water partition coefficient (Wildman–Crippen LogP) is 0.0421. The molecule has 6 nitrogen and oxygen atoms in total. The fourth-order valence-corrected chi connectivity index (χ4v) is 3.77. The summed E-state index contributed by atoms with van der Waals surface area (Å²) in [6.07, 6.45) is 3.49. The first-order valence-electron chi connectivity index (χ1n) is 5.83. The van der Waals surface area contributed by atoms with Gasteiger partial charge in [0.05, 0.1) is 5.75 Å². The molecule has 0 aromatic rings. The van der Waals surface area contributed by atoms with E-state index in [1.54, 1.807) is 0 Å². The Balaban J connectivity index is 2.50. The lowest BCUT2D eigenvalue weighted by atomic mass is 10.0. The van der Waals surface area contributed by atoms with Crippen molar-refractivity contribution in [2.45, 2.75) is 44.1 Å². The molecule has 0 heterocycles. The van der Waals surface area contributed by atoms with Crippen molar-refractivity contribution in [2.24, 2.45) is 5.73 Å². The molecule has 0 saturated heterocycles. The van der Waals surface area contributed by atoms with Gasteiger partial charge in [0, 0.05) is 18.5 Å². The molecule has 0 amide bonds. The number of sulfonamides is 1. The molecular formula is C10H20N2O4S. The van der Waals surface area contributed by atoms with E-state index in [1.807, 2.05) is 0 Å². The Bertz CT molecular complexity index is 361. The lowest BCUT2D eigenvalue weighted by Crippen LogP contribution is -2.52. The molecule has 100 valence electrons. The number of carboxylic acids is 1. The quantitative estimate of drug-likeness (QED) is 0.601. The maximum absolute atomic E-state index is 11.8. The molecule has 1 saturated carbocycles. The average molecular weight is 264 g/mol. The van der Waals surface area contributed by atoms with Gasteiger partial charge in [-0.3, -0.25) is 4.79 Å². The zero-order valence-electron chi connectivity index (χ0n) is 9.81. The van der Waals surface area contributed by atoms with Gasteiger partial charge in [-0.2, -0.15) is 0 Å². The minimum absolute atomic E-state index is 0.128. The fourth-order valence-electron chi connectivity index (χ4n) is 2.19. The third-order valence-electron chi connectivity index (χ3n) is 3.13. The van der Waals surface area contributed by atoms with Gasteiger partial charge in [-0.25, -0.2) is 13.1 Å². The van der Waals surface area contributed by atoms with Crippen molar-refractivity contribution in [1.29, 1.82) is 0 Å². The molecule has 7 heteroatoms. The molecule has 4 N–H and O–H groups in total. The van der Waals surface area contributed by atoms with Crippen LogP contribution in [0.25, 0.3) is 0 Å². The lowest BCUT2D eigenvalue weighted by molar-refractivity contribution is -0.137. The van der Waals surface area contributed by atoms with Gasteiger partial charge in [0.25, 0.3) is 0 Å². The van der Waals surface area contributed by atoms with Crippen molar-refractivity contribution in [3.63, 3.8) is 0 Å². The van der Waals surface area contributed by atoms with Crippen LogP contribution < -0.4 is 10.5 Å². The molecule has 0 spiro atoms. The third kappa shape index (κ3) is 4.61. The van der Waals surface area contributed by atoms with Gasteiger partial charge < -0.3 is 10.8 Å². The Morgan fingerprint density at radius 3 is 2.41 bits per heavy atom. The zero-order valence-corrected chi connectivity index (χ0v) is 10.6. The second kappa shape index (κ2) is 5.79. The van der Waals surface area contributed by atoms with E-state index in [4.69, 9.17) is 10.8 Å². The standard InChI is InChI=1S/C10H20N2O4S/c11-8-10(5-1-2-6-10)12-17(15,16)7-3-4-9(13)14/h12H,1-8,11H2,(H,13,14). The first-order valence-corrected chi connectivity index (χ1v) is 7.48. The Labute approximate surface area is 102 Å². The van der Waals surface area contributed by atoms with Gasteiger partial charge in [-0.05, 0) is 19.3 Å². The van der Waals surface area contributed by atoms with Crippen LogP contribution in [0.15, 0.2) is 0 Å². The van der Waals surface area contributed by atoms with Crippen molar-refractivity contribution in [2.75, 3.05) is 12.3 Å². The molecule has 1 aliphatic carbocycles. The Morgan fingerprint density at radius 2 is 1.94 bits per heavy atom. The molecule has 1 aliphatic rings. The summed E-state index contributed by atoms with van der Waals surface area (Å²) in [5.74, 6) is -1.13. The number of hydrogen-bond acceptors (Lipinski definition) is 4. The number of carboxylic acid groups (broad SMARTS) is 1. The minimum Gasteiger partial charge on any atom is -0.481 e. The van der Waals surface area contributed by atoms with Crippen LogP contribution in [-0.2, 0) is 14.8 Å². The zero-order chi connectivity index (χ0) is 12.9. The van der Waals surface area contributed by atoms with Crippen LogP contribution in [0.3, 0.4) is 0 Å². The van der Waals surface area contributed by atoms with E-state index in [0.717, 1.165) is 25.7 Å². The summed E-state index contributed by atoms with van der Waals surface area (Å²) in [7, 11) is -3.42. The normalized spacial score (nSPS) is 19.4. The monoisotopic (exact) mass is 264 g/mol. The number of nitrogens with one attached hydrogen (secondary N) is 1. The molecule has 0 aromatic heterocycles. The fraction of sp³-hybridized carbons (Fsp3) is 0.900. The number of hydrogen-bond donors (Lipinski definition) is 3. The molecule has 17 heavy (non-hydrogen) atoms. The molecular weight excluding hydrogens is 244 g/mol. The first-order chi connectivity index (χ1) is 7.89. The summed E-state index contributed by atoms with van der Waals surface area (Å²) in [4.78, 5) is 10.3. The second-order valence-electron chi connectivity index (χ2n) is 4.61. The lowest BCUT2D eigenvalue weighted by Gasteiger charge is -2.28. The number of nitrogens with two attached hydrogens (primary N) is 1. The van der Waals surface area contributed by atoms with Crippen molar-refractivity contribution < 1.29 is 18.3 Å². The average Bonchev–Trinajstić information content (AvgIpc) is 2.65. The van der Waals surface area contributed by atoms with Crippen LogP contribution in [0, 0.1) is 0 Å². The maximum Gasteiger partial charge on any atom is 0.303 e. The van der Waals surface area contributed by atoms with E-state index in [2.05, 4.69) is 4.72 Å². The van der Waals surface area contributed by atoms with Crippen LogP contribution >= 0.6 is 0 Å².